The Balaban J connectivity index is 2.49. The molecule has 2 atom stereocenters. The third kappa shape index (κ3) is 2.27. The Morgan fingerprint density at radius 3 is 2.64 bits per heavy atom. The SMILES string of the molecule is O=C1CCCCC[C@H](O)[C@@H]1O. The van der Waals surface area contributed by atoms with E-state index in [4.69, 9.17) is 5.11 Å². The summed E-state index contributed by atoms with van der Waals surface area (Å²) in [4.78, 5) is 11.0. The van der Waals surface area contributed by atoms with Gasteiger partial charge in [-0.15, -0.1) is 0 Å². The summed E-state index contributed by atoms with van der Waals surface area (Å²) in [7, 11) is 0. The van der Waals surface area contributed by atoms with E-state index in [2.05, 4.69) is 0 Å². The summed E-state index contributed by atoms with van der Waals surface area (Å²) in [6.45, 7) is 0. The molecule has 0 aliphatic heterocycles. The fraction of sp³-hybridized carbons (Fsp3) is 0.875. The van der Waals surface area contributed by atoms with Gasteiger partial charge in [0.05, 0.1) is 6.10 Å². The Kier molecular flexibility index (Phi) is 3.02. The molecule has 1 fully saturated rings. The Morgan fingerprint density at radius 1 is 1.18 bits per heavy atom. The first-order chi connectivity index (χ1) is 5.22. The topological polar surface area (TPSA) is 57.5 Å². The first-order valence-corrected chi connectivity index (χ1v) is 4.10. The van der Waals surface area contributed by atoms with Crippen molar-refractivity contribution in [3.8, 4) is 0 Å². The monoisotopic (exact) mass is 158 g/mol. The highest BCUT2D eigenvalue weighted by Gasteiger charge is 2.24. The Labute approximate surface area is 66.0 Å². The zero-order valence-electron chi connectivity index (χ0n) is 6.49. The molecule has 0 radical (unpaired) electrons. The fourth-order valence-corrected chi connectivity index (χ4v) is 1.35. The van der Waals surface area contributed by atoms with Gasteiger partial charge in [0.15, 0.2) is 5.78 Å². The maximum absolute atomic E-state index is 11.0. The molecule has 0 bridgehead atoms. The van der Waals surface area contributed by atoms with Crippen LogP contribution in [0.1, 0.15) is 32.1 Å². The van der Waals surface area contributed by atoms with Gasteiger partial charge in [0.25, 0.3) is 0 Å². The van der Waals surface area contributed by atoms with Crippen molar-refractivity contribution < 1.29 is 15.0 Å². The highest BCUT2D eigenvalue weighted by Crippen LogP contribution is 2.14. The summed E-state index contributed by atoms with van der Waals surface area (Å²) >= 11 is 0. The van der Waals surface area contributed by atoms with Gasteiger partial charge in [0.1, 0.15) is 6.10 Å². The molecule has 1 rings (SSSR count). The molecular formula is C8H14O3. The van der Waals surface area contributed by atoms with Crippen LogP contribution in [-0.4, -0.2) is 28.2 Å². The van der Waals surface area contributed by atoms with E-state index >= 15 is 0 Å². The van der Waals surface area contributed by atoms with Gasteiger partial charge in [-0.1, -0.05) is 12.8 Å². The van der Waals surface area contributed by atoms with E-state index in [1.165, 1.54) is 0 Å². The predicted octanol–water partition coefficient (Wildman–Crippen LogP) is 0.241. The lowest BCUT2D eigenvalue weighted by Gasteiger charge is -2.19. The minimum atomic E-state index is -1.13. The van der Waals surface area contributed by atoms with Gasteiger partial charge in [0, 0.05) is 6.42 Å². The molecule has 1 aliphatic rings. The second-order valence-corrected chi connectivity index (χ2v) is 3.08. The number of rotatable bonds is 0. The van der Waals surface area contributed by atoms with E-state index < -0.39 is 12.2 Å². The largest absolute Gasteiger partial charge is 0.390 e. The second kappa shape index (κ2) is 3.83. The molecule has 0 amide bonds. The predicted molar refractivity (Wildman–Crippen MR) is 40.1 cm³/mol. The van der Waals surface area contributed by atoms with Gasteiger partial charge in [-0.25, -0.2) is 0 Å². The molecule has 3 heteroatoms. The Morgan fingerprint density at radius 2 is 1.91 bits per heavy atom. The molecule has 0 aromatic carbocycles. The van der Waals surface area contributed by atoms with Crippen molar-refractivity contribution in [2.45, 2.75) is 44.3 Å². The van der Waals surface area contributed by atoms with Gasteiger partial charge in [-0.2, -0.15) is 0 Å². The number of ketones is 1. The summed E-state index contributed by atoms with van der Waals surface area (Å²) in [5.74, 6) is -0.211. The molecule has 64 valence electrons. The standard InChI is InChI=1S/C8H14O3/c9-6-4-2-1-3-5-7(10)8(6)11/h6,8-9,11H,1-5H2/t6-,8-/m0/s1. The smallest absolute Gasteiger partial charge is 0.163 e. The average Bonchev–Trinajstić information content (AvgIpc) is 2.00. The molecule has 0 saturated heterocycles. The molecule has 0 spiro atoms. The molecule has 0 heterocycles. The zero-order valence-corrected chi connectivity index (χ0v) is 6.49. The minimum Gasteiger partial charge on any atom is -0.390 e. The molecule has 0 aromatic rings. The lowest BCUT2D eigenvalue weighted by Crippen LogP contribution is -2.34. The third-order valence-corrected chi connectivity index (χ3v) is 2.12. The Bertz CT molecular complexity index is 144. The number of carbonyl (C=O) groups is 1. The summed E-state index contributed by atoms with van der Waals surface area (Å²) in [6.07, 6.45) is 1.74. The van der Waals surface area contributed by atoms with Crippen LogP contribution in [0, 0.1) is 0 Å². The number of carbonyl (C=O) groups excluding carboxylic acids is 1. The maximum Gasteiger partial charge on any atom is 0.163 e. The van der Waals surface area contributed by atoms with Gasteiger partial charge in [0.2, 0.25) is 0 Å². The summed E-state index contributed by atoms with van der Waals surface area (Å²) in [5.41, 5.74) is 0. The van der Waals surface area contributed by atoms with Crippen molar-refractivity contribution in [2.24, 2.45) is 0 Å². The highest BCUT2D eigenvalue weighted by molar-refractivity contribution is 5.83. The number of hydrogen-bond acceptors (Lipinski definition) is 3. The number of aliphatic hydroxyl groups is 2. The van der Waals surface area contributed by atoms with E-state index in [-0.39, 0.29) is 5.78 Å². The van der Waals surface area contributed by atoms with Gasteiger partial charge >= 0.3 is 0 Å². The summed E-state index contributed by atoms with van der Waals surface area (Å²) in [5, 5.41) is 18.3. The van der Waals surface area contributed by atoms with E-state index in [9.17, 15) is 9.90 Å². The van der Waals surface area contributed by atoms with Crippen molar-refractivity contribution in [3.05, 3.63) is 0 Å². The van der Waals surface area contributed by atoms with E-state index in [0.717, 1.165) is 19.3 Å². The zero-order chi connectivity index (χ0) is 8.27. The molecule has 0 unspecified atom stereocenters. The number of hydrogen-bond donors (Lipinski definition) is 2. The van der Waals surface area contributed by atoms with Crippen molar-refractivity contribution in [2.75, 3.05) is 0 Å². The number of Topliss-reactive ketones (excluding diaryl/α,β-unsaturated/α-hetero) is 1. The Hall–Kier alpha value is -0.410. The average molecular weight is 158 g/mol. The lowest BCUT2D eigenvalue weighted by molar-refractivity contribution is -0.133. The van der Waals surface area contributed by atoms with E-state index in [1.54, 1.807) is 0 Å². The third-order valence-electron chi connectivity index (χ3n) is 2.12. The first kappa shape index (κ1) is 8.68. The second-order valence-electron chi connectivity index (χ2n) is 3.08. The fourth-order valence-electron chi connectivity index (χ4n) is 1.35. The van der Waals surface area contributed by atoms with Crippen LogP contribution < -0.4 is 0 Å². The van der Waals surface area contributed by atoms with Crippen LogP contribution >= 0.6 is 0 Å². The van der Waals surface area contributed by atoms with Gasteiger partial charge in [-0.3, -0.25) is 4.79 Å². The van der Waals surface area contributed by atoms with Crippen molar-refractivity contribution in [3.63, 3.8) is 0 Å². The summed E-state index contributed by atoms with van der Waals surface area (Å²) < 4.78 is 0. The van der Waals surface area contributed by atoms with Crippen LogP contribution in [0.5, 0.6) is 0 Å². The lowest BCUT2D eigenvalue weighted by atomic mass is 9.95. The molecule has 1 aliphatic carbocycles. The minimum absolute atomic E-state index is 0.211. The highest BCUT2D eigenvalue weighted by atomic mass is 16.3. The molecule has 1 saturated carbocycles. The molecule has 0 aromatic heterocycles. The van der Waals surface area contributed by atoms with Crippen LogP contribution in [0.2, 0.25) is 0 Å². The van der Waals surface area contributed by atoms with Crippen molar-refractivity contribution in [1.29, 1.82) is 0 Å². The van der Waals surface area contributed by atoms with Gasteiger partial charge < -0.3 is 10.2 Å². The quantitative estimate of drug-likeness (QED) is 0.531. The van der Waals surface area contributed by atoms with Gasteiger partial charge in [-0.05, 0) is 12.8 Å². The molecule has 11 heavy (non-hydrogen) atoms. The van der Waals surface area contributed by atoms with Crippen molar-refractivity contribution in [1.82, 2.24) is 0 Å². The van der Waals surface area contributed by atoms with Crippen LogP contribution in [0.3, 0.4) is 0 Å². The number of aliphatic hydroxyl groups excluding tert-OH is 2. The normalized spacial score (nSPS) is 34.5. The maximum atomic E-state index is 11.0. The van der Waals surface area contributed by atoms with E-state index in [0.29, 0.717) is 12.8 Å². The summed E-state index contributed by atoms with van der Waals surface area (Å²) in [6, 6.07) is 0. The van der Waals surface area contributed by atoms with E-state index in [1.807, 2.05) is 0 Å². The molecule has 2 N–H and O–H groups in total. The van der Waals surface area contributed by atoms with Crippen LogP contribution in [-0.2, 0) is 4.79 Å². The van der Waals surface area contributed by atoms with Crippen molar-refractivity contribution >= 4 is 5.78 Å². The first-order valence-electron chi connectivity index (χ1n) is 4.10. The molecule has 3 nitrogen and oxygen atoms in total. The van der Waals surface area contributed by atoms with Crippen LogP contribution in [0.25, 0.3) is 0 Å². The van der Waals surface area contributed by atoms with Crippen LogP contribution in [0.4, 0.5) is 0 Å². The molecular weight excluding hydrogens is 144 g/mol. The van der Waals surface area contributed by atoms with Crippen LogP contribution in [0.15, 0.2) is 0 Å².